The molecular weight excluding hydrogens is 122 g/mol. The van der Waals surface area contributed by atoms with E-state index >= 15 is 0 Å². The maximum absolute atomic E-state index is 8.12. The third-order valence-corrected chi connectivity index (χ3v) is 0. The van der Waals surface area contributed by atoms with Gasteiger partial charge in [0.1, 0.15) is 0 Å². The van der Waals surface area contributed by atoms with Crippen LogP contribution in [0.2, 0.25) is 0 Å². The molecule has 0 aromatic rings. The molecule has 0 bridgehead atoms. The minimum Gasteiger partial charge on any atom is -0.397 e. The molecule has 0 aromatic carbocycles. The highest BCUT2D eigenvalue weighted by Gasteiger charge is 1.34. The van der Waals surface area contributed by atoms with E-state index in [0.717, 1.165) is 0 Å². The van der Waals surface area contributed by atoms with E-state index in [1.165, 1.54) is 6.92 Å². The SMILES string of the molecule is CC#N.CCO.O=C=O. The molecule has 0 unspecified atom stereocenters. The van der Waals surface area contributed by atoms with Crippen LogP contribution in [0.25, 0.3) is 0 Å². The number of hydrogen-bond acceptors (Lipinski definition) is 4. The van der Waals surface area contributed by atoms with Crippen molar-refractivity contribution in [3.8, 4) is 6.07 Å². The van der Waals surface area contributed by atoms with Crippen molar-refractivity contribution < 1.29 is 14.7 Å². The van der Waals surface area contributed by atoms with Crippen molar-refractivity contribution in [1.82, 2.24) is 0 Å². The Morgan fingerprint density at radius 2 is 1.56 bits per heavy atom. The van der Waals surface area contributed by atoms with E-state index in [9.17, 15) is 0 Å². The number of aliphatic hydroxyl groups is 1. The summed E-state index contributed by atoms with van der Waals surface area (Å²) in [6.45, 7) is 3.36. The lowest BCUT2D eigenvalue weighted by molar-refractivity contribution is -0.191. The number of nitriles is 1. The standard InChI is InChI=1S/C2H3N.C2H6O.CO2/c2*1-2-3;2-1-3/h1H3;3H,2H2,1H3;. The Kier molecular flexibility index (Phi) is 121. The molecule has 0 aliphatic rings. The fourth-order valence-electron chi connectivity index (χ4n) is 0. The highest BCUT2D eigenvalue weighted by atomic mass is 16.2. The summed E-state index contributed by atoms with van der Waals surface area (Å²) in [5.41, 5.74) is 0. The maximum atomic E-state index is 8.12. The van der Waals surface area contributed by atoms with Gasteiger partial charge in [0, 0.05) is 13.5 Å². The van der Waals surface area contributed by atoms with Crippen molar-refractivity contribution in [3.05, 3.63) is 0 Å². The van der Waals surface area contributed by atoms with Crippen LogP contribution in [-0.2, 0) is 9.59 Å². The molecule has 0 aliphatic heterocycles. The molecule has 0 spiro atoms. The summed E-state index contributed by atoms with van der Waals surface area (Å²) < 4.78 is 0. The predicted molar refractivity (Wildman–Crippen MR) is 29.1 cm³/mol. The second-order valence-corrected chi connectivity index (χ2v) is 0.623. The molecule has 0 radical (unpaired) electrons. The van der Waals surface area contributed by atoms with E-state index in [0.29, 0.717) is 0 Å². The average molecular weight is 131 g/mol. The molecule has 4 heteroatoms. The lowest BCUT2D eigenvalue weighted by Gasteiger charge is -1.52. The smallest absolute Gasteiger partial charge is 0.373 e. The van der Waals surface area contributed by atoms with Crippen molar-refractivity contribution in [2.24, 2.45) is 0 Å². The molecule has 9 heavy (non-hydrogen) atoms. The van der Waals surface area contributed by atoms with Gasteiger partial charge in [-0.05, 0) is 6.92 Å². The fraction of sp³-hybridized carbons (Fsp3) is 0.600. The van der Waals surface area contributed by atoms with Gasteiger partial charge in [-0.2, -0.15) is 14.9 Å². The van der Waals surface area contributed by atoms with Crippen molar-refractivity contribution in [3.63, 3.8) is 0 Å². The first-order chi connectivity index (χ1) is 4.24. The number of rotatable bonds is 0. The van der Waals surface area contributed by atoms with Gasteiger partial charge in [0.25, 0.3) is 0 Å². The van der Waals surface area contributed by atoms with Gasteiger partial charge in [-0.1, -0.05) is 0 Å². The second-order valence-electron chi connectivity index (χ2n) is 0.623. The van der Waals surface area contributed by atoms with Crippen LogP contribution in [0.1, 0.15) is 13.8 Å². The quantitative estimate of drug-likeness (QED) is 0.499. The molecule has 0 aliphatic carbocycles. The van der Waals surface area contributed by atoms with E-state index in [1.807, 2.05) is 0 Å². The van der Waals surface area contributed by atoms with Crippen molar-refractivity contribution >= 4 is 6.15 Å². The van der Waals surface area contributed by atoms with Crippen LogP contribution in [0.5, 0.6) is 0 Å². The molecule has 0 amide bonds. The number of nitrogens with zero attached hydrogens (tertiary/aromatic N) is 1. The third kappa shape index (κ3) is 116. The van der Waals surface area contributed by atoms with Crippen LogP contribution >= 0.6 is 0 Å². The molecule has 0 rings (SSSR count). The Labute approximate surface area is 53.7 Å². The summed E-state index contributed by atoms with van der Waals surface area (Å²) in [4.78, 5) is 16.2. The maximum Gasteiger partial charge on any atom is 0.373 e. The van der Waals surface area contributed by atoms with Gasteiger partial charge in [-0.25, -0.2) is 0 Å². The monoisotopic (exact) mass is 131 g/mol. The first kappa shape index (κ1) is 15.7. The molecule has 4 nitrogen and oxygen atoms in total. The van der Waals surface area contributed by atoms with Gasteiger partial charge in [0.05, 0.1) is 6.07 Å². The molecule has 0 heterocycles. The summed E-state index contributed by atoms with van der Waals surface area (Å²) in [5, 5.41) is 14.9. The predicted octanol–water partition coefficient (Wildman–Crippen LogP) is -0.0550. The van der Waals surface area contributed by atoms with Crippen LogP contribution in [0.15, 0.2) is 0 Å². The molecule has 1 N–H and O–H groups in total. The van der Waals surface area contributed by atoms with Crippen molar-refractivity contribution in [2.75, 3.05) is 6.61 Å². The van der Waals surface area contributed by atoms with E-state index in [-0.39, 0.29) is 12.8 Å². The summed E-state index contributed by atoms with van der Waals surface area (Å²) in [5.74, 6) is 0. The summed E-state index contributed by atoms with van der Waals surface area (Å²) >= 11 is 0. The Hall–Kier alpha value is -1.17. The van der Waals surface area contributed by atoms with Gasteiger partial charge in [-0.3, -0.25) is 0 Å². The first-order valence-corrected chi connectivity index (χ1v) is 2.16. The molecule has 0 fully saturated rings. The van der Waals surface area contributed by atoms with E-state index < -0.39 is 0 Å². The van der Waals surface area contributed by atoms with Gasteiger partial charge in [0.15, 0.2) is 0 Å². The highest BCUT2D eigenvalue weighted by Crippen LogP contribution is 1.30. The Bertz CT molecular complexity index is 88.9. The fourth-order valence-corrected chi connectivity index (χ4v) is 0. The average Bonchev–Trinajstić information content (AvgIpc) is 1.70. The summed E-state index contributed by atoms with van der Waals surface area (Å²) in [7, 11) is 0. The van der Waals surface area contributed by atoms with E-state index in [1.54, 1.807) is 13.0 Å². The lowest BCUT2D eigenvalue weighted by atomic mass is 10.9. The van der Waals surface area contributed by atoms with Gasteiger partial charge in [0.2, 0.25) is 0 Å². The number of hydrogen-bond donors (Lipinski definition) is 1. The normalized spacial score (nSPS) is 3.78. The van der Waals surface area contributed by atoms with E-state index in [2.05, 4.69) is 0 Å². The van der Waals surface area contributed by atoms with Gasteiger partial charge in [-0.15, -0.1) is 0 Å². The Morgan fingerprint density at radius 1 is 1.56 bits per heavy atom. The summed E-state index contributed by atoms with van der Waals surface area (Å²) in [6.07, 6.45) is 0.250. The van der Waals surface area contributed by atoms with Crippen LogP contribution < -0.4 is 0 Å². The molecule has 0 aromatic heterocycles. The van der Waals surface area contributed by atoms with Gasteiger partial charge >= 0.3 is 6.15 Å². The molecule has 0 saturated carbocycles. The zero-order chi connectivity index (χ0) is 8.12. The Morgan fingerprint density at radius 3 is 1.56 bits per heavy atom. The minimum absolute atomic E-state index is 0.250. The minimum atomic E-state index is 0.250. The largest absolute Gasteiger partial charge is 0.397 e. The third-order valence-electron chi connectivity index (χ3n) is 0. The molecular formula is C5H9NO3. The Balaban J connectivity index is -0.0000000600. The molecule has 52 valence electrons. The molecule has 0 saturated heterocycles. The lowest BCUT2D eigenvalue weighted by Crippen LogP contribution is -1.57. The first-order valence-electron chi connectivity index (χ1n) is 2.16. The van der Waals surface area contributed by atoms with Crippen LogP contribution in [0.3, 0.4) is 0 Å². The highest BCUT2D eigenvalue weighted by molar-refractivity contribution is 5.20. The van der Waals surface area contributed by atoms with Crippen LogP contribution in [0.4, 0.5) is 0 Å². The zero-order valence-corrected chi connectivity index (χ0v) is 5.42. The van der Waals surface area contributed by atoms with Crippen LogP contribution in [-0.4, -0.2) is 17.9 Å². The molecule has 0 atom stereocenters. The van der Waals surface area contributed by atoms with Crippen molar-refractivity contribution in [2.45, 2.75) is 13.8 Å². The van der Waals surface area contributed by atoms with Crippen LogP contribution in [0, 0.1) is 11.3 Å². The van der Waals surface area contributed by atoms with Gasteiger partial charge < -0.3 is 5.11 Å². The topological polar surface area (TPSA) is 78.2 Å². The second kappa shape index (κ2) is 69.3. The van der Waals surface area contributed by atoms with Crippen molar-refractivity contribution in [1.29, 1.82) is 5.26 Å². The zero-order valence-electron chi connectivity index (χ0n) is 5.42. The van der Waals surface area contributed by atoms with E-state index in [4.69, 9.17) is 20.0 Å². The number of carbonyl (C=O) groups excluding carboxylic acids is 2. The number of aliphatic hydroxyl groups excluding tert-OH is 1. The summed E-state index contributed by atoms with van der Waals surface area (Å²) in [6, 6.07) is 1.75.